The number of hydrogen-bond acceptors (Lipinski definition) is 2. The zero-order chi connectivity index (χ0) is 17.5. The molecule has 2 N–H and O–H groups in total. The van der Waals surface area contributed by atoms with E-state index in [2.05, 4.69) is 58.9 Å². The smallest absolute Gasteiger partial charge is 0.191 e. The molecular weight excluding hydrogens is 310 g/mol. The Bertz CT molecular complexity index is 682. The van der Waals surface area contributed by atoms with Crippen LogP contribution in [0.4, 0.5) is 0 Å². The van der Waals surface area contributed by atoms with Gasteiger partial charge >= 0.3 is 0 Å². The fourth-order valence-electron chi connectivity index (χ4n) is 2.69. The molecule has 0 bridgehead atoms. The molecule has 1 aliphatic carbocycles. The van der Waals surface area contributed by atoms with E-state index in [-0.39, 0.29) is 0 Å². The van der Waals surface area contributed by atoms with E-state index in [1.54, 1.807) is 0 Å². The molecule has 2 aromatic rings. The van der Waals surface area contributed by atoms with Crippen LogP contribution in [0, 0.1) is 5.92 Å². The van der Waals surface area contributed by atoms with Gasteiger partial charge in [-0.25, -0.2) is 0 Å². The normalized spacial score (nSPS) is 19.5. The summed E-state index contributed by atoms with van der Waals surface area (Å²) in [4.78, 5) is 4.28. The third-order valence-corrected chi connectivity index (χ3v) is 4.52. The third kappa shape index (κ3) is 5.61. The highest BCUT2D eigenvalue weighted by Gasteiger charge is 2.33. The first-order valence-corrected chi connectivity index (χ1v) is 8.91. The van der Waals surface area contributed by atoms with Gasteiger partial charge in [0.25, 0.3) is 0 Å². The van der Waals surface area contributed by atoms with Crippen LogP contribution in [0.1, 0.15) is 30.0 Å². The number of benzene rings is 2. The number of nitrogens with zero attached hydrogens (tertiary/aromatic N) is 1. The van der Waals surface area contributed by atoms with Crippen LogP contribution in [0.2, 0.25) is 0 Å². The molecule has 0 spiro atoms. The molecule has 0 saturated heterocycles. The van der Waals surface area contributed by atoms with Crippen molar-refractivity contribution in [3.8, 4) is 0 Å². The van der Waals surface area contributed by atoms with Crippen LogP contribution in [0.15, 0.2) is 59.6 Å². The van der Waals surface area contributed by atoms with Crippen LogP contribution >= 0.6 is 0 Å². The lowest BCUT2D eigenvalue weighted by atomic mass is 10.1. The maximum Gasteiger partial charge on any atom is 0.191 e. The van der Waals surface area contributed by atoms with E-state index in [1.165, 1.54) is 23.1 Å². The Kier molecular flexibility index (Phi) is 6.07. The Morgan fingerprint density at radius 2 is 1.60 bits per heavy atom. The molecule has 0 aliphatic heterocycles. The summed E-state index contributed by atoms with van der Waals surface area (Å²) in [5.74, 6) is 1.64. The Balaban J connectivity index is 1.40. The van der Waals surface area contributed by atoms with Crippen molar-refractivity contribution in [2.45, 2.75) is 39.1 Å². The van der Waals surface area contributed by atoms with Crippen molar-refractivity contribution in [1.82, 2.24) is 10.6 Å². The Morgan fingerprint density at radius 1 is 1.00 bits per heavy atom. The van der Waals surface area contributed by atoms with Crippen molar-refractivity contribution < 1.29 is 4.74 Å². The maximum absolute atomic E-state index is 5.78. The number of aliphatic imine (C=N–C) groups is 1. The highest BCUT2D eigenvalue weighted by atomic mass is 16.5. The average Bonchev–Trinajstić information content (AvgIpc) is 3.35. The van der Waals surface area contributed by atoms with Gasteiger partial charge in [0.15, 0.2) is 5.96 Å². The van der Waals surface area contributed by atoms with Gasteiger partial charge < -0.3 is 15.4 Å². The van der Waals surface area contributed by atoms with Crippen molar-refractivity contribution in [2.24, 2.45) is 10.9 Å². The maximum atomic E-state index is 5.78. The zero-order valence-corrected chi connectivity index (χ0v) is 15.0. The molecule has 0 radical (unpaired) electrons. The summed E-state index contributed by atoms with van der Waals surface area (Å²) in [7, 11) is 1.82. The van der Waals surface area contributed by atoms with Crippen LogP contribution in [0.3, 0.4) is 0 Å². The molecule has 1 saturated carbocycles. The molecule has 0 amide bonds. The number of hydrogen-bond donors (Lipinski definition) is 2. The van der Waals surface area contributed by atoms with Crippen molar-refractivity contribution in [2.75, 3.05) is 7.05 Å². The minimum absolute atomic E-state index is 0.579. The van der Waals surface area contributed by atoms with Crippen LogP contribution in [0.25, 0.3) is 0 Å². The summed E-state index contributed by atoms with van der Waals surface area (Å²) in [6.07, 6.45) is 1.23. The summed E-state index contributed by atoms with van der Waals surface area (Å²) < 4.78 is 5.78. The summed E-state index contributed by atoms with van der Waals surface area (Å²) in [5, 5.41) is 6.80. The van der Waals surface area contributed by atoms with Gasteiger partial charge in [-0.3, -0.25) is 4.99 Å². The van der Waals surface area contributed by atoms with Crippen molar-refractivity contribution in [1.29, 1.82) is 0 Å². The predicted molar refractivity (Wildman–Crippen MR) is 102 cm³/mol. The molecule has 4 heteroatoms. The SMILES string of the molecule is CN=C(NCc1ccc(COCc2ccccc2)cc1)NC1CC1C. The van der Waals surface area contributed by atoms with E-state index in [9.17, 15) is 0 Å². The molecule has 2 aromatic carbocycles. The first-order valence-electron chi connectivity index (χ1n) is 8.91. The fourth-order valence-corrected chi connectivity index (χ4v) is 2.69. The Morgan fingerprint density at radius 3 is 2.20 bits per heavy atom. The van der Waals surface area contributed by atoms with Crippen LogP contribution in [-0.4, -0.2) is 19.0 Å². The van der Waals surface area contributed by atoms with Crippen molar-refractivity contribution in [3.63, 3.8) is 0 Å². The molecule has 1 aliphatic rings. The second kappa shape index (κ2) is 8.67. The van der Waals surface area contributed by atoms with Crippen LogP contribution < -0.4 is 10.6 Å². The Hall–Kier alpha value is -2.33. The number of guanidine groups is 1. The second-order valence-corrected chi connectivity index (χ2v) is 6.68. The lowest BCUT2D eigenvalue weighted by molar-refractivity contribution is 0.107. The largest absolute Gasteiger partial charge is 0.372 e. The van der Waals surface area contributed by atoms with Crippen LogP contribution in [-0.2, 0) is 24.5 Å². The second-order valence-electron chi connectivity index (χ2n) is 6.68. The highest BCUT2D eigenvalue weighted by molar-refractivity contribution is 5.80. The number of ether oxygens (including phenoxy) is 1. The van der Waals surface area contributed by atoms with E-state index in [0.717, 1.165) is 18.4 Å². The van der Waals surface area contributed by atoms with Gasteiger partial charge in [-0.1, -0.05) is 61.5 Å². The van der Waals surface area contributed by atoms with Crippen molar-refractivity contribution >= 4 is 5.96 Å². The Labute approximate surface area is 150 Å². The first kappa shape index (κ1) is 17.5. The molecule has 2 unspecified atom stereocenters. The van der Waals surface area contributed by atoms with E-state index in [4.69, 9.17) is 4.74 Å². The number of rotatable bonds is 7. The van der Waals surface area contributed by atoms with Crippen molar-refractivity contribution in [3.05, 3.63) is 71.3 Å². The monoisotopic (exact) mass is 337 g/mol. The van der Waals surface area contributed by atoms with Gasteiger partial charge in [0.1, 0.15) is 0 Å². The topological polar surface area (TPSA) is 45.7 Å². The highest BCUT2D eigenvalue weighted by Crippen LogP contribution is 2.28. The van der Waals surface area contributed by atoms with Gasteiger partial charge in [0, 0.05) is 19.6 Å². The van der Waals surface area contributed by atoms with Gasteiger partial charge in [0.2, 0.25) is 0 Å². The van der Waals surface area contributed by atoms with Gasteiger partial charge in [-0.15, -0.1) is 0 Å². The summed E-state index contributed by atoms with van der Waals surface area (Å²) in [5.41, 5.74) is 3.62. The van der Waals surface area contributed by atoms with E-state index in [1.807, 2.05) is 25.2 Å². The standard InChI is InChI=1S/C21H27N3O/c1-16-12-20(16)24-21(22-2)23-13-17-8-10-19(11-9-17)15-25-14-18-6-4-3-5-7-18/h3-11,16,20H,12-15H2,1-2H3,(H2,22,23,24). The quantitative estimate of drug-likeness (QED) is 0.601. The summed E-state index contributed by atoms with van der Waals surface area (Å²) in [6, 6.07) is 19.4. The molecule has 3 rings (SSSR count). The third-order valence-electron chi connectivity index (χ3n) is 4.52. The molecular formula is C21H27N3O. The zero-order valence-electron chi connectivity index (χ0n) is 15.0. The molecule has 25 heavy (non-hydrogen) atoms. The van der Waals surface area contributed by atoms with E-state index < -0.39 is 0 Å². The molecule has 0 heterocycles. The molecule has 4 nitrogen and oxygen atoms in total. The van der Waals surface area contributed by atoms with Gasteiger partial charge in [-0.2, -0.15) is 0 Å². The predicted octanol–water partition coefficient (Wildman–Crippen LogP) is 3.48. The van der Waals surface area contributed by atoms with E-state index >= 15 is 0 Å². The number of nitrogens with one attached hydrogen (secondary N) is 2. The minimum Gasteiger partial charge on any atom is -0.372 e. The lowest BCUT2D eigenvalue weighted by Gasteiger charge is -2.12. The lowest BCUT2D eigenvalue weighted by Crippen LogP contribution is -2.38. The average molecular weight is 337 g/mol. The van der Waals surface area contributed by atoms with E-state index in [0.29, 0.717) is 19.3 Å². The van der Waals surface area contributed by atoms with Gasteiger partial charge in [-0.05, 0) is 29.0 Å². The first-order chi connectivity index (χ1) is 12.2. The van der Waals surface area contributed by atoms with Crippen LogP contribution in [0.5, 0.6) is 0 Å². The molecule has 132 valence electrons. The molecule has 1 fully saturated rings. The summed E-state index contributed by atoms with van der Waals surface area (Å²) >= 11 is 0. The fraction of sp³-hybridized carbons (Fsp3) is 0.381. The summed E-state index contributed by atoms with van der Waals surface area (Å²) in [6.45, 7) is 4.30. The molecule has 0 aromatic heterocycles. The van der Waals surface area contributed by atoms with Gasteiger partial charge in [0.05, 0.1) is 13.2 Å². The molecule has 2 atom stereocenters. The minimum atomic E-state index is 0.579.